The van der Waals surface area contributed by atoms with E-state index < -0.39 is 0 Å². The van der Waals surface area contributed by atoms with Crippen molar-refractivity contribution in [2.24, 2.45) is 5.92 Å². The van der Waals surface area contributed by atoms with Gasteiger partial charge in [-0.3, -0.25) is 0 Å². The largest absolute Gasteiger partial charge is 0.383 e. The molecule has 0 spiro atoms. The Morgan fingerprint density at radius 1 is 1.16 bits per heavy atom. The van der Waals surface area contributed by atoms with Crippen LogP contribution in [0.1, 0.15) is 57.3 Å². The predicted molar refractivity (Wildman–Crippen MR) is 80.2 cm³/mol. The third kappa shape index (κ3) is 3.37. The second kappa shape index (κ2) is 6.22. The van der Waals surface area contributed by atoms with E-state index in [1.165, 1.54) is 32.1 Å². The van der Waals surface area contributed by atoms with E-state index in [0.717, 1.165) is 29.5 Å². The topological polar surface area (TPSA) is 63.8 Å². The number of hydrogen-bond acceptors (Lipinski definition) is 4. The summed E-state index contributed by atoms with van der Waals surface area (Å²) in [6, 6.07) is 0.542. The molecule has 0 bridgehead atoms. The predicted octanol–water partition coefficient (Wildman–Crippen LogP) is 3.31. The summed E-state index contributed by atoms with van der Waals surface area (Å²) in [6.45, 7) is 6.34. The standard InChI is InChI=1S/C15H26N4/c1-4-11-6-8-12(9-7-11)17-15-10(3)14(16)18-13(5-2)19-15/h11-12H,4-9H2,1-3H3,(H3,16,17,18,19). The minimum Gasteiger partial charge on any atom is -0.383 e. The highest BCUT2D eigenvalue weighted by Crippen LogP contribution is 2.29. The average molecular weight is 262 g/mol. The van der Waals surface area contributed by atoms with Crippen molar-refractivity contribution in [2.75, 3.05) is 11.1 Å². The molecule has 19 heavy (non-hydrogen) atoms. The molecule has 1 aromatic rings. The van der Waals surface area contributed by atoms with Crippen molar-refractivity contribution in [3.63, 3.8) is 0 Å². The number of aromatic nitrogens is 2. The summed E-state index contributed by atoms with van der Waals surface area (Å²) in [6.07, 6.45) is 7.27. The van der Waals surface area contributed by atoms with Crippen LogP contribution in [0.5, 0.6) is 0 Å². The van der Waals surface area contributed by atoms with Crippen molar-refractivity contribution in [1.29, 1.82) is 0 Å². The van der Waals surface area contributed by atoms with E-state index in [9.17, 15) is 0 Å². The minimum absolute atomic E-state index is 0.542. The lowest BCUT2D eigenvalue weighted by Gasteiger charge is -2.29. The summed E-state index contributed by atoms with van der Waals surface area (Å²) >= 11 is 0. The Bertz CT molecular complexity index is 422. The van der Waals surface area contributed by atoms with Crippen LogP contribution >= 0.6 is 0 Å². The van der Waals surface area contributed by atoms with Crippen molar-refractivity contribution in [3.8, 4) is 0 Å². The molecule has 0 atom stereocenters. The second-order valence-corrected chi connectivity index (χ2v) is 5.62. The lowest BCUT2D eigenvalue weighted by atomic mass is 9.84. The van der Waals surface area contributed by atoms with Crippen molar-refractivity contribution in [3.05, 3.63) is 11.4 Å². The smallest absolute Gasteiger partial charge is 0.134 e. The van der Waals surface area contributed by atoms with Crippen LogP contribution in [0.4, 0.5) is 11.6 Å². The first-order chi connectivity index (χ1) is 9.13. The number of nitrogens with two attached hydrogens (primary N) is 1. The molecule has 2 rings (SSSR count). The summed E-state index contributed by atoms with van der Waals surface area (Å²) in [5.41, 5.74) is 6.94. The molecule has 0 aromatic carbocycles. The number of nitrogens with zero attached hydrogens (tertiary/aromatic N) is 2. The molecule has 106 valence electrons. The van der Waals surface area contributed by atoms with E-state index in [-0.39, 0.29) is 0 Å². The van der Waals surface area contributed by atoms with Gasteiger partial charge in [0.25, 0.3) is 0 Å². The minimum atomic E-state index is 0.542. The van der Waals surface area contributed by atoms with E-state index in [4.69, 9.17) is 5.73 Å². The molecule has 4 nitrogen and oxygen atoms in total. The van der Waals surface area contributed by atoms with E-state index in [0.29, 0.717) is 11.9 Å². The normalized spacial score (nSPS) is 23.3. The van der Waals surface area contributed by atoms with Crippen LogP contribution in [-0.2, 0) is 6.42 Å². The van der Waals surface area contributed by atoms with Crippen LogP contribution in [0, 0.1) is 12.8 Å². The summed E-state index contributed by atoms with van der Waals surface area (Å²) in [7, 11) is 0. The van der Waals surface area contributed by atoms with Crippen molar-refractivity contribution >= 4 is 11.6 Å². The Morgan fingerprint density at radius 3 is 2.42 bits per heavy atom. The zero-order valence-corrected chi connectivity index (χ0v) is 12.4. The van der Waals surface area contributed by atoms with Gasteiger partial charge in [0.15, 0.2) is 0 Å². The Balaban J connectivity index is 2.05. The molecule has 0 amide bonds. The lowest BCUT2D eigenvalue weighted by Crippen LogP contribution is -2.27. The van der Waals surface area contributed by atoms with Crippen molar-refractivity contribution in [1.82, 2.24) is 9.97 Å². The molecular formula is C15H26N4. The fraction of sp³-hybridized carbons (Fsp3) is 0.733. The molecular weight excluding hydrogens is 236 g/mol. The first-order valence-electron chi connectivity index (χ1n) is 7.53. The zero-order valence-electron chi connectivity index (χ0n) is 12.4. The van der Waals surface area contributed by atoms with Crippen LogP contribution in [0.15, 0.2) is 0 Å². The molecule has 0 aliphatic heterocycles. The zero-order chi connectivity index (χ0) is 13.8. The van der Waals surface area contributed by atoms with Gasteiger partial charge in [0.05, 0.1) is 0 Å². The summed E-state index contributed by atoms with van der Waals surface area (Å²) in [4.78, 5) is 8.88. The molecule has 1 aliphatic carbocycles. The van der Waals surface area contributed by atoms with Crippen molar-refractivity contribution in [2.45, 2.75) is 65.3 Å². The van der Waals surface area contributed by atoms with Crippen LogP contribution in [0.25, 0.3) is 0 Å². The van der Waals surface area contributed by atoms with Crippen LogP contribution in [0.3, 0.4) is 0 Å². The lowest BCUT2D eigenvalue weighted by molar-refractivity contribution is 0.329. The van der Waals surface area contributed by atoms with Gasteiger partial charge in [-0.15, -0.1) is 0 Å². The highest BCUT2D eigenvalue weighted by atomic mass is 15.1. The number of hydrogen-bond donors (Lipinski definition) is 2. The Kier molecular flexibility index (Phi) is 4.61. The van der Waals surface area contributed by atoms with Gasteiger partial charge >= 0.3 is 0 Å². The molecule has 1 aliphatic rings. The molecule has 0 unspecified atom stereocenters. The van der Waals surface area contributed by atoms with Gasteiger partial charge in [0.1, 0.15) is 17.5 Å². The number of aryl methyl sites for hydroxylation is 1. The third-order valence-corrected chi connectivity index (χ3v) is 4.31. The van der Waals surface area contributed by atoms with Crippen LogP contribution in [-0.4, -0.2) is 16.0 Å². The van der Waals surface area contributed by atoms with Gasteiger partial charge in [-0.2, -0.15) is 0 Å². The number of nitrogens with one attached hydrogen (secondary N) is 1. The fourth-order valence-electron chi connectivity index (χ4n) is 2.79. The second-order valence-electron chi connectivity index (χ2n) is 5.62. The molecule has 1 fully saturated rings. The number of anilines is 2. The molecule has 0 radical (unpaired) electrons. The van der Waals surface area contributed by atoms with E-state index >= 15 is 0 Å². The summed E-state index contributed by atoms with van der Waals surface area (Å²) in [5, 5.41) is 3.58. The maximum absolute atomic E-state index is 5.95. The van der Waals surface area contributed by atoms with E-state index in [1.807, 2.05) is 6.92 Å². The molecule has 1 aromatic heterocycles. The van der Waals surface area contributed by atoms with E-state index in [2.05, 4.69) is 29.1 Å². The quantitative estimate of drug-likeness (QED) is 0.873. The van der Waals surface area contributed by atoms with Gasteiger partial charge in [-0.1, -0.05) is 20.3 Å². The van der Waals surface area contributed by atoms with Gasteiger partial charge in [0, 0.05) is 18.0 Å². The molecule has 1 saturated carbocycles. The number of rotatable bonds is 4. The molecule has 4 heteroatoms. The summed E-state index contributed by atoms with van der Waals surface area (Å²) in [5.74, 6) is 3.29. The van der Waals surface area contributed by atoms with Gasteiger partial charge in [-0.25, -0.2) is 9.97 Å². The first-order valence-corrected chi connectivity index (χ1v) is 7.53. The molecule has 0 saturated heterocycles. The SMILES string of the molecule is CCc1nc(N)c(C)c(NC2CCC(CC)CC2)n1. The maximum Gasteiger partial charge on any atom is 0.134 e. The first kappa shape index (κ1) is 14.1. The third-order valence-electron chi connectivity index (χ3n) is 4.31. The molecule has 3 N–H and O–H groups in total. The summed E-state index contributed by atoms with van der Waals surface area (Å²) < 4.78 is 0. The monoisotopic (exact) mass is 262 g/mol. The average Bonchev–Trinajstić information content (AvgIpc) is 2.44. The van der Waals surface area contributed by atoms with Crippen LogP contribution < -0.4 is 11.1 Å². The number of nitrogen functional groups attached to an aromatic ring is 1. The van der Waals surface area contributed by atoms with E-state index in [1.54, 1.807) is 0 Å². The van der Waals surface area contributed by atoms with Gasteiger partial charge in [-0.05, 0) is 38.5 Å². The fourth-order valence-corrected chi connectivity index (χ4v) is 2.79. The van der Waals surface area contributed by atoms with Crippen LogP contribution in [0.2, 0.25) is 0 Å². The Hall–Kier alpha value is -1.32. The molecule has 1 heterocycles. The highest BCUT2D eigenvalue weighted by molar-refractivity contribution is 5.55. The van der Waals surface area contributed by atoms with Gasteiger partial charge in [0.2, 0.25) is 0 Å². The Morgan fingerprint density at radius 2 is 1.84 bits per heavy atom. The van der Waals surface area contributed by atoms with Crippen molar-refractivity contribution < 1.29 is 0 Å². The highest BCUT2D eigenvalue weighted by Gasteiger charge is 2.21. The van der Waals surface area contributed by atoms with Gasteiger partial charge < -0.3 is 11.1 Å². The Labute approximate surface area is 116 Å². The maximum atomic E-state index is 5.95.